The molecule has 6 heteroatoms. The molecule has 1 rings (SSSR count). The smallest absolute Gasteiger partial charge is 0.199 e. The van der Waals surface area contributed by atoms with Crippen molar-refractivity contribution in [2.24, 2.45) is 0 Å². The molecule has 1 N–H and O–H groups in total. The Morgan fingerprint density at radius 1 is 1.35 bits per heavy atom. The van der Waals surface area contributed by atoms with Gasteiger partial charge in [0.1, 0.15) is 0 Å². The lowest BCUT2D eigenvalue weighted by Crippen LogP contribution is -2.41. The monoisotopic (exact) mass is 320 g/mol. The van der Waals surface area contributed by atoms with E-state index in [9.17, 15) is 8.42 Å². The van der Waals surface area contributed by atoms with Crippen molar-refractivity contribution in [1.82, 2.24) is 9.03 Å². The van der Waals surface area contributed by atoms with Crippen LogP contribution in [0, 0.1) is 0 Å². The zero-order chi connectivity index (χ0) is 13.1. The number of benzene rings is 1. The van der Waals surface area contributed by atoms with Crippen LogP contribution in [-0.4, -0.2) is 32.9 Å². The van der Waals surface area contributed by atoms with Gasteiger partial charge in [-0.3, -0.25) is 0 Å². The van der Waals surface area contributed by atoms with Gasteiger partial charge in [0.15, 0.2) is 0 Å². The summed E-state index contributed by atoms with van der Waals surface area (Å²) < 4.78 is 28.0. The average Bonchev–Trinajstić information content (AvgIpc) is 2.20. The van der Waals surface area contributed by atoms with Crippen molar-refractivity contribution in [2.45, 2.75) is 19.4 Å². The maximum Gasteiger partial charge on any atom is 0.279 e. The van der Waals surface area contributed by atoms with E-state index < -0.39 is 10.2 Å². The second-order valence-electron chi connectivity index (χ2n) is 4.10. The number of hydrogen-bond donors (Lipinski definition) is 1. The molecule has 0 radical (unpaired) electrons. The standard InChI is InChI=1S/C11H17BrN2O2S/c1-9(13-17(15,16)14(2)3)8-10-6-4-5-7-11(10)12/h4-7,9,13H,8H2,1-3H3/t9-/m0/s1. The molecule has 96 valence electrons. The van der Waals surface area contributed by atoms with E-state index in [0.717, 1.165) is 10.0 Å². The van der Waals surface area contributed by atoms with Crippen LogP contribution in [0.2, 0.25) is 0 Å². The molecule has 0 aromatic heterocycles. The fourth-order valence-electron chi connectivity index (χ4n) is 1.40. The maximum atomic E-state index is 11.6. The minimum atomic E-state index is -3.36. The van der Waals surface area contributed by atoms with Gasteiger partial charge in [-0.15, -0.1) is 0 Å². The van der Waals surface area contributed by atoms with Gasteiger partial charge in [0.2, 0.25) is 0 Å². The molecule has 0 saturated carbocycles. The fourth-order valence-corrected chi connectivity index (χ4v) is 2.64. The van der Waals surface area contributed by atoms with Crippen LogP contribution in [0.4, 0.5) is 0 Å². The minimum Gasteiger partial charge on any atom is -0.199 e. The van der Waals surface area contributed by atoms with Gasteiger partial charge in [0.05, 0.1) is 0 Å². The fraction of sp³-hybridized carbons (Fsp3) is 0.455. The molecule has 0 heterocycles. The molecule has 0 bridgehead atoms. The van der Waals surface area contributed by atoms with E-state index in [4.69, 9.17) is 0 Å². The highest BCUT2D eigenvalue weighted by Crippen LogP contribution is 2.17. The summed E-state index contributed by atoms with van der Waals surface area (Å²) in [6, 6.07) is 7.64. The van der Waals surface area contributed by atoms with Crippen molar-refractivity contribution in [3.05, 3.63) is 34.3 Å². The van der Waals surface area contributed by atoms with Crippen LogP contribution in [0.15, 0.2) is 28.7 Å². The first-order valence-corrected chi connectivity index (χ1v) is 7.49. The second-order valence-corrected chi connectivity index (χ2v) is 6.87. The number of nitrogens with one attached hydrogen (secondary N) is 1. The number of hydrogen-bond acceptors (Lipinski definition) is 2. The van der Waals surface area contributed by atoms with E-state index in [2.05, 4.69) is 20.7 Å². The van der Waals surface area contributed by atoms with Gasteiger partial charge in [-0.1, -0.05) is 34.1 Å². The van der Waals surface area contributed by atoms with Crippen LogP contribution in [-0.2, 0) is 16.6 Å². The molecule has 0 fully saturated rings. The van der Waals surface area contributed by atoms with E-state index >= 15 is 0 Å². The quantitative estimate of drug-likeness (QED) is 0.899. The van der Waals surface area contributed by atoms with Crippen molar-refractivity contribution in [1.29, 1.82) is 0 Å². The lowest BCUT2D eigenvalue weighted by atomic mass is 10.1. The summed E-state index contributed by atoms with van der Waals surface area (Å²) >= 11 is 3.45. The molecule has 0 spiro atoms. The lowest BCUT2D eigenvalue weighted by Gasteiger charge is -2.18. The van der Waals surface area contributed by atoms with Crippen molar-refractivity contribution in [3.63, 3.8) is 0 Å². The van der Waals surface area contributed by atoms with Crippen LogP contribution in [0.25, 0.3) is 0 Å². The van der Waals surface area contributed by atoms with Crippen LogP contribution in [0.1, 0.15) is 12.5 Å². The molecule has 1 aromatic carbocycles. The third-order valence-electron chi connectivity index (χ3n) is 2.31. The summed E-state index contributed by atoms with van der Waals surface area (Å²) in [6.07, 6.45) is 0.647. The highest BCUT2D eigenvalue weighted by Gasteiger charge is 2.17. The van der Waals surface area contributed by atoms with Gasteiger partial charge in [0, 0.05) is 24.6 Å². The summed E-state index contributed by atoms with van der Waals surface area (Å²) in [5.41, 5.74) is 1.08. The van der Waals surface area contributed by atoms with Crippen molar-refractivity contribution < 1.29 is 8.42 Å². The van der Waals surface area contributed by atoms with Gasteiger partial charge < -0.3 is 0 Å². The maximum absolute atomic E-state index is 11.6. The largest absolute Gasteiger partial charge is 0.279 e. The molecule has 1 aromatic rings. The summed E-state index contributed by atoms with van der Waals surface area (Å²) in [7, 11) is -0.348. The molecule has 0 aliphatic heterocycles. The predicted molar refractivity (Wildman–Crippen MR) is 73.1 cm³/mol. The first kappa shape index (κ1) is 14.6. The Morgan fingerprint density at radius 3 is 2.47 bits per heavy atom. The highest BCUT2D eigenvalue weighted by atomic mass is 79.9. The van der Waals surface area contributed by atoms with Crippen LogP contribution < -0.4 is 4.72 Å². The van der Waals surface area contributed by atoms with E-state index in [0.29, 0.717) is 6.42 Å². The highest BCUT2D eigenvalue weighted by molar-refractivity contribution is 9.10. The van der Waals surface area contributed by atoms with Crippen LogP contribution in [0.3, 0.4) is 0 Å². The summed E-state index contributed by atoms with van der Waals surface area (Å²) in [5, 5.41) is 0. The van der Waals surface area contributed by atoms with Gasteiger partial charge in [-0.05, 0) is 25.0 Å². The molecule has 0 saturated heterocycles. The minimum absolute atomic E-state index is 0.152. The van der Waals surface area contributed by atoms with Gasteiger partial charge >= 0.3 is 0 Å². The van der Waals surface area contributed by atoms with Crippen LogP contribution >= 0.6 is 15.9 Å². The Kier molecular flexibility index (Phi) is 5.12. The summed E-state index contributed by atoms with van der Waals surface area (Å²) in [6.45, 7) is 1.85. The SMILES string of the molecule is C[C@@H](Cc1ccccc1Br)NS(=O)(=O)N(C)C. The second kappa shape index (κ2) is 5.95. The van der Waals surface area contributed by atoms with Gasteiger partial charge in [-0.25, -0.2) is 0 Å². The van der Waals surface area contributed by atoms with E-state index in [1.165, 1.54) is 18.4 Å². The molecule has 0 amide bonds. The average molecular weight is 321 g/mol. The lowest BCUT2D eigenvalue weighted by molar-refractivity contribution is 0.491. The van der Waals surface area contributed by atoms with E-state index in [1.54, 1.807) is 0 Å². The zero-order valence-electron chi connectivity index (χ0n) is 10.1. The van der Waals surface area contributed by atoms with Gasteiger partial charge in [-0.2, -0.15) is 17.4 Å². The topological polar surface area (TPSA) is 49.4 Å². The predicted octanol–water partition coefficient (Wildman–Crippen LogP) is 1.78. The molecule has 0 aliphatic carbocycles. The van der Waals surface area contributed by atoms with Crippen LogP contribution in [0.5, 0.6) is 0 Å². The molecular weight excluding hydrogens is 304 g/mol. The van der Waals surface area contributed by atoms with Crippen molar-refractivity contribution in [2.75, 3.05) is 14.1 Å². The third kappa shape index (κ3) is 4.39. The Labute approximate surface area is 111 Å². The normalized spacial score (nSPS) is 13.9. The molecular formula is C11H17BrN2O2S. The summed E-state index contributed by atoms with van der Waals surface area (Å²) in [5.74, 6) is 0. The number of halogens is 1. The van der Waals surface area contributed by atoms with Crippen molar-refractivity contribution in [3.8, 4) is 0 Å². The third-order valence-corrected chi connectivity index (χ3v) is 4.75. The summed E-state index contributed by atoms with van der Waals surface area (Å²) in [4.78, 5) is 0. The van der Waals surface area contributed by atoms with E-state index in [-0.39, 0.29) is 6.04 Å². The molecule has 4 nitrogen and oxygen atoms in total. The first-order valence-electron chi connectivity index (χ1n) is 5.26. The van der Waals surface area contributed by atoms with Crippen molar-refractivity contribution >= 4 is 26.1 Å². The Balaban J connectivity index is 2.69. The Morgan fingerprint density at radius 2 is 1.94 bits per heavy atom. The Hall–Kier alpha value is -0.430. The Bertz CT molecular complexity index is 474. The van der Waals surface area contributed by atoms with E-state index in [1.807, 2.05) is 31.2 Å². The number of rotatable bonds is 5. The first-order chi connectivity index (χ1) is 7.83. The molecule has 1 atom stereocenters. The molecule has 0 unspecified atom stereocenters. The number of nitrogens with zero attached hydrogens (tertiary/aromatic N) is 1. The molecule has 0 aliphatic rings. The van der Waals surface area contributed by atoms with Gasteiger partial charge in [0.25, 0.3) is 10.2 Å². The molecule has 17 heavy (non-hydrogen) atoms. The zero-order valence-corrected chi connectivity index (χ0v) is 12.5.